The summed E-state index contributed by atoms with van der Waals surface area (Å²) >= 11 is 0. The average molecular weight is 314 g/mol. The Labute approximate surface area is 121 Å². The number of alkyl halides is 3. The highest BCUT2D eigenvalue weighted by molar-refractivity contribution is 6.00. The Hall–Kier alpha value is -1.31. The Kier molecular flexibility index (Phi) is 7.70. The zero-order chi connectivity index (χ0) is 16.7. The van der Waals surface area contributed by atoms with Crippen molar-refractivity contribution in [2.75, 3.05) is 13.2 Å². The van der Waals surface area contributed by atoms with E-state index in [4.69, 9.17) is 9.47 Å². The van der Waals surface area contributed by atoms with Crippen molar-refractivity contribution in [1.29, 1.82) is 0 Å². The number of hydrogen-bond donors (Lipinski definition) is 1. The number of aliphatic hydroxyl groups excluding tert-OH is 1. The lowest BCUT2D eigenvalue weighted by Gasteiger charge is -2.31. The van der Waals surface area contributed by atoms with Gasteiger partial charge in [-0.15, -0.1) is 0 Å². The molecule has 0 spiro atoms. The van der Waals surface area contributed by atoms with Gasteiger partial charge in [0.05, 0.1) is 13.2 Å². The number of halogens is 3. The van der Waals surface area contributed by atoms with E-state index in [0.717, 1.165) is 0 Å². The van der Waals surface area contributed by atoms with Gasteiger partial charge in [-0.2, -0.15) is 13.2 Å². The first kappa shape index (κ1) is 19.7. The normalized spacial score (nSPS) is 13.7. The summed E-state index contributed by atoms with van der Waals surface area (Å²) in [6, 6.07) is 0. The molecule has 0 aromatic rings. The lowest BCUT2D eigenvalue weighted by atomic mass is 9.78. The number of ether oxygens (including phenoxy) is 2. The Morgan fingerprint density at radius 1 is 1.05 bits per heavy atom. The summed E-state index contributed by atoms with van der Waals surface area (Å²) in [6.45, 7) is 4.37. The van der Waals surface area contributed by atoms with Gasteiger partial charge in [0, 0.05) is 6.42 Å². The minimum absolute atomic E-state index is 0.0915. The second-order valence-electron chi connectivity index (χ2n) is 4.53. The van der Waals surface area contributed by atoms with Gasteiger partial charge in [0.15, 0.2) is 11.5 Å². The van der Waals surface area contributed by atoms with Crippen LogP contribution in [-0.4, -0.2) is 42.5 Å². The molecule has 124 valence electrons. The van der Waals surface area contributed by atoms with Crippen molar-refractivity contribution in [3.05, 3.63) is 0 Å². The molecule has 0 amide bonds. The number of carbonyl (C=O) groups excluding carboxylic acids is 2. The van der Waals surface area contributed by atoms with Gasteiger partial charge in [0.25, 0.3) is 0 Å². The Morgan fingerprint density at radius 2 is 1.48 bits per heavy atom. The van der Waals surface area contributed by atoms with Gasteiger partial charge in [0.1, 0.15) is 0 Å². The molecular formula is C13H21F3O5. The fourth-order valence-electron chi connectivity index (χ4n) is 1.97. The summed E-state index contributed by atoms with van der Waals surface area (Å²) in [4.78, 5) is 24.1. The molecule has 1 N–H and O–H groups in total. The summed E-state index contributed by atoms with van der Waals surface area (Å²) in [6.07, 6.45) is -8.79. The van der Waals surface area contributed by atoms with Gasteiger partial charge in [0.2, 0.25) is 0 Å². The van der Waals surface area contributed by atoms with Crippen LogP contribution in [0.3, 0.4) is 0 Å². The molecule has 0 saturated carbocycles. The zero-order valence-electron chi connectivity index (χ0n) is 12.3. The molecule has 21 heavy (non-hydrogen) atoms. The molecule has 0 rings (SSSR count). The minimum atomic E-state index is -4.93. The van der Waals surface area contributed by atoms with Crippen LogP contribution >= 0.6 is 0 Å². The Morgan fingerprint density at radius 3 is 1.76 bits per heavy atom. The molecule has 0 heterocycles. The van der Waals surface area contributed by atoms with E-state index in [1.165, 1.54) is 13.8 Å². The first-order valence-corrected chi connectivity index (χ1v) is 6.74. The van der Waals surface area contributed by atoms with Crippen molar-refractivity contribution in [2.24, 2.45) is 5.41 Å². The SMILES string of the molecule is CCCC(CC(O)C(F)(F)F)(C(=O)OCC)C(=O)OCC. The van der Waals surface area contributed by atoms with Crippen LogP contribution in [0.4, 0.5) is 13.2 Å². The monoisotopic (exact) mass is 314 g/mol. The van der Waals surface area contributed by atoms with Gasteiger partial charge in [-0.3, -0.25) is 9.59 Å². The molecule has 0 aromatic carbocycles. The largest absolute Gasteiger partial charge is 0.465 e. The summed E-state index contributed by atoms with van der Waals surface area (Å²) in [5, 5.41) is 9.24. The predicted octanol–water partition coefficient (Wildman–Crippen LogP) is 2.21. The molecule has 0 aliphatic carbocycles. The zero-order valence-corrected chi connectivity index (χ0v) is 12.3. The third kappa shape index (κ3) is 5.18. The van der Waals surface area contributed by atoms with E-state index >= 15 is 0 Å². The molecule has 0 radical (unpaired) electrons. The number of carbonyl (C=O) groups is 2. The van der Waals surface area contributed by atoms with E-state index in [-0.39, 0.29) is 26.1 Å². The fourth-order valence-corrected chi connectivity index (χ4v) is 1.97. The van der Waals surface area contributed by atoms with Crippen LogP contribution in [0.2, 0.25) is 0 Å². The summed E-state index contributed by atoms with van der Waals surface area (Å²) in [7, 11) is 0. The van der Waals surface area contributed by atoms with Crippen LogP contribution in [0.5, 0.6) is 0 Å². The maximum absolute atomic E-state index is 12.6. The minimum Gasteiger partial charge on any atom is -0.465 e. The second kappa shape index (κ2) is 8.21. The molecule has 0 saturated heterocycles. The molecule has 0 bridgehead atoms. The van der Waals surface area contributed by atoms with E-state index < -0.39 is 36.1 Å². The number of hydrogen-bond acceptors (Lipinski definition) is 5. The van der Waals surface area contributed by atoms with E-state index in [9.17, 15) is 27.9 Å². The highest BCUT2D eigenvalue weighted by Gasteiger charge is 2.54. The van der Waals surface area contributed by atoms with E-state index in [1.807, 2.05) is 0 Å². The summed E-state index contributed by atoms with van der Waals surface area (Å²) in [5.41, 5.74) is -2.14. The second-order valence-corrected chi connectivity index (χ2v) is 4.53. The van der Waals surface area contributed by atoms with Crippen molar-refractivity contribution < 1.29 is 37.3 Å². The lowest BCUT2D eigenvalue weighted by Crippen LogP contribution is -2.47. The van der Waals surface area contributed by atoms with Crippen LogP contribution in [0.1, 0.15) is 40.0 Å². The third-order valence-corrected chi connectivity index (χ3v) is 2.93. The van der Waals surface area contributed by atoms with Crippen LogP contribution in [0.25, 0.3) is 0 Å². The Balaban J connectivity index is 5.56. The van der Waals surface area contributed by atoms with Crippen molar-refractivity contribution >= 4 is 11.9 Å². The van der Waals surface area contributed by atoms with Crippen LogP contribution < -0.4 is 0 Å². The maximum atomic E-state index is 12.6. The average Bonchev–Trinajstić information content (AvgIpc) is 2.37. The van der Waals surface area contributed by atoms with Gasteiger partial charge in [-0.05, 0) is 20.3 Å². The van der Waals surface area contributed by atoms with E-state index in [2.05, 4.69) is 0 Å². The Bertz CT molecular complexity index is 336. The lowest BCUT2D eigenvalue weighted by molar-refractivity contribution is -0.217. The first-order valence-electron chi connectivity index (χ1n) is 6.74. The topological polar surface area (TPSA) is 72.8 Å². The van der Waals surface area contributed by atoms with Crippen molar-refractivity contribution in [3.8, 4) is 0 Å². The van der Waals surface area contributed by atoms with Crippen molar-refractivity contribution in [1.82, 2.24) is 0 Å². The highest BCUT2D eigenvalue weighted by atomic mass is 19.4. The molecule has 0 aliphatic heterocycles. The summed E-state index contributed by atoms with van der Waals surface area (Å²) < 4.78 is 47.1. The smallest absolute Gasteiger partial charge is 0.414 e. The number of rotatable bonds is 8. The molecule has 0 aromatic heterocycles. The first-order chi connectivity index (χ1) is 9.65. The molecule has 0 fully saturated rings. The van der Waals surface area contributed by atoms with Crippen molar-refractivity contribution in [2.45, 2.75) is 52.3 Å². The van der Waals surface area contributed by atoms with E-state index in [0.29, 0.717) is 0 Å². The summed E-state index contributed by atoms with van der Waals surface area (Å²) in [5.74, 6) is -2.21. The van der Waals surface area contributed by atoms with Crippen LogP contribution in [-0.2, 0) is 19.1 Å². The molecule has 1 unspecified atom stereocenters. The molecular weight excluding hydrogens is 293 g/mol. The molecule has 5 nitrogen and oxygen atoms in total. The van der Waals surface area contributed by atoms with Gasteiger partial charge in [-0.1, -0.05) is 13.3 Å². The maximum Gasteiger partial charge on any atom is 0.414 e. The predicted molar refractivity (Wildman–Crippen MR) is 67.3 cm³/mol. The quantitative estimate of drug-likeness (QED) is 0.549. The molecule has 1 atom stereocenters. The number of esters is 2. The van der Waals surface area contributed by atoms with E-state index in [1.54, 1.807) is 6.92 Å². The molecule has 8 heteroatoms. The standard InChI is InChI=1S/C13H21F3O5/c1-4-7-12(10(18)20-5-2,11(19)21-6-3)8-9(17)13(14,15)16/h9,17H,4-8H2,1-3H3. The highest BCUT2D eigenvalue weighted by Crippen LogP contribution is 2.37. The van der Waals surface area contributed by atoms with Crippen molar-refractivity contribution in [3.63, 3.8) is 0 Å². The van der Waals surface area contributed by atoms with Gasteiger partial charge < -0.3 is 14.6 Å². The van der Waals surface area contributed by atoms with Crippen LogP contribution in [0.15, 0.2) is 0 Å². The molecule has 0 aliphatic rings. The van der Waals surface area contributed by atoms with Gasteiger partial charge >= 0.3 is 18.1 Å². The number of aliphatic hydroxyl groups is 1. The third-order valence-electron chi connectivity index (χ3n) is 2.93. The van der Waals surface area contributed by atoms with Crippen LogP contribution in [0, 0.1) is 5.41 Å². The fraction of sp³-hybridized carbons (Fsp3) is 0.846. The van der Waals surface area contributed by atoms with Gasteiger partial charge in [-0.25, -0.2) is 0 Å².